The summed E-state index contributed by atoms with van der Waals surface area (Å²) in [6, 6.07) is 8.57. The largest absolute Gasteiger partial charge is 0.393 e. The molecule has 0 fully saturated rings. The van der Waals surface area contributed by atoms with Gasteiger partial charge in [-0.3, -0.25) is 0 Å². The molecule has 0 aromatic heterocycles. The Labute approximate surface area is 80.7 Å². The van der Waals surface area contributed by atoms with E-state index in [1.807, 2.05) is 0 Å². The Morgan fingerprint density at radius 3 is 2.14 bits per heavy atom. The minimum atomic E-state index is -4.20. The van der Waals surface area contributed by atoms with Crippen LogP contribution in [0.1, 0.15) is 5.56 Å². The molecule has 1 unspecified atom stereocenters. The van der Waals surface area contributed by atoms with Crippen molar-refractivity contribution >= 4 is 0 Å². The number of nitrogens with two attached hydrogens (primary N) is 1. The maximum atomic E-state index is 12.3. The van der Waals surface area contributed by atoms with Gasteiger partial charge in [0.2, 0.25) is 0 Å². The van der Waals surface area contributed by atoms with E-state index in [1.54, 1.807) is 30.3 Å². The highest BCUT2D eigenvalue weighted by molar-refractivity contribution is 5.15. The molecular formula is C10H12F3N. The topological polar surface area (TPSA) is 26.0 Å². The summed E-state index contributed by atoms with van der Waals surface area (Å²) in [5.74, 6) is -1.44. The lowest BCUT2D eigenvalue weighted by Gasteiger charge is -2.18. The van der Waals surface area contributed by atoms with Crippen LogP contribution in [0.25, 0.3) is 0 Å². The molecule has 0 radical (unpaired) electrons. The molecule has 1 rings (SSSR count). The number of alkyl halides is 3. The van der Waals surface area contributed by atoms with Gasteiger partial charge < -0.3 is 5.73 Å². The second-order valence-corrected chi connectivity index (χ2v) is 3.16. The Morgan fingerprint density at radius 1 is 1.14 bits per heavy atom. The summed E-state index contributed by atoms with van der Waals surface area (Å²) in [6.45, 7) is -0.363. The molecule has 1 aromatic carbocycles. The zero-order chi connectivity index (χ0) is 10.6. The van der Waals surface area contributed by atoms with Crippen LogP contribution in [0, 0.1) is 5.92 Å². The molecule has 0 saturated carbocycles. The molecule has 0 heterocycles. The first kappa shape index (κ1) is 11.0. The van der Waals surface area contributed by atoms with Gasteiger partial charge in [0.15, 0.2) is 0 Å². The van der Waals surface area contributed by atoms with Gasteiger partial charge >= 0.3 is 6.18 Å². The van der Waals surface area contributed by atoms with Gasteiger partial charge in [0.1, 0.15) is 0 Å². The van der Waals surface area contributed by atoms with Crippen molar-refractivity contribution < 1.29 is 13.2 Å². The highest BCUT2D eigenvalue weighted by atomic mass is 19.4. The van der Waals surface area contributed by atoms with E-state index in [0.717, 1.165) is 0 Å². The van der Waals surface area contributed by atoms with Crippen LogP contribution < -0.4 is 5.73 Å². The van der Waals surface area contributed by atoms with E-state index in [4.69, 9.17) is 5.73 Å². The third kappa shape index (κ3) is 3.03. The van der Waals surface area contributed by atoms with Crippen molar-refractivity contribution in [2.45, 2.75) is 12.6 Å². The molecule has 0 bridgehead atoms. The Morgan fingerprint density at radius 2 is 1.71 bits per heavy atom. The van der Waals surface area contributed by atoms with Crippen LogP contribution in [-0.4, -0.2) is 12.7 Å². The van der Waals surface area contributed by atoms with E-state index in [9.17, 15) is 13.2 Å². The average molecular weight is 203 g/mol. The van der Waals surface area contributed by atoms with Gasteiger partial charge in [-0.05, 0) is 12.0 Å². The van der Waals surface area contributed by atoms with E-state index < -0.39 is 12.1 Å². The first-order chi connectivity index (χ1) is 6.54. The molecule has 0 aliphatic carbocycles. The van der Waals surface area contributed by atoms with E-state index in [0.29, 0.717) is 5.56 Å². The number of benzene rings is 1. The second-order valence-electron chi connectivity index (χ2n) is 3.16. The molecule has 78 valence electrons. The van der Waals surface area contributed by atoms with Crippen LogP contribution >= 0.6 is 0 Å². The van der Waals surface area contributed by atoms with Crippen molar-refractivity contribution in [1.29, 1.82) is 0 Å². The summed E-state index contributed by atoms with van der Waals surface area (Å²) in [5.41, 5.74) is 5.75. The van der Waals surface area contributed by atoms with E-state index in [-0.39, 0.29) is 13.0 Å². The number of hydrogen-bond acceptors (Lipinski definition) is 1. The predicted molar refractivity (Wildman–Crippen MR) is 48.7 cm³/mol. The van der Waals surface area contributed by atoms with Crippen molar-refractivity contribution in [1.82, 2.24) is 0 Å². The van der Waals surface area contributed by atoms with Crippen molar-refractivity contribution in [3.05, 3.63) is 35.9 Å². The fourth-order valence-corrected chi connectivity index (χ4v) is 1.23. The molecule has 0 amide bonds. The molecule has 0 aliphatic heterocycles. The first-order valence-electron chi connectivity index (χ1n) is 4.34. The highest BCUT2D eigenvalue weighted by Crippen LogP contribution is 2.28. The molecule has 1 nitrogen and oxygen atoms in total. The lowest BCUT2D eigenvalue weighted by Crippen LogP contribution is -2.31. The Hall–Kier alpha value is -1.03. The third-order valence-corrected chi connectivity index (χ3v) is 2.07. The fraction of sp³-hybridized carbons (Fsp3) is 0.400. The van der Waals surface area contributed by atoms with Crippen molar-refractivity contribution in [2.75, 3.05) is 6.54 Å². The molecular weight excluding hydrogens is 191 g/mol. The van der Waals surface area contributed by atoms with Crippen LogP contribution in [0.2, 0.25) is 0 Å². The van der Waals surface area contributed by atoms with Crippen LogP contribution in [0.3, 0.4) is 0 Å². The normalized spacial score (nSPS) is 14.0. The van der Waals surface area contributed by atoms with Gasteiger partial charge in [0.25, 0.3) is 0 Å². The zero-order valence-electron chi connectivity index (χ0n) is 7.59. The molecule has 2 N–H and O–H groups in total. The van der Waals surface area contributed by atoms with Gasteiger partial charge in [0.05, 0.1) is 5.92 Å². The monoisotopic (exact) mass is 203 g/mol. The first-order valence-corrected chi connectivity index (χ1v) is 4.34. The quantitative estimate of drug-likeness (QED) is 0.801. The SMILES string of the molecule is NCC(Cc1ccccc1)C(F)(F)F. The summed E-state index contributed by atoms with van der Waals surface area (Å²) in [7, 11) is 0. The predicted octanol–water partition coefficient (Wildman–Crippen LogP) is 2.37. The highest BCUT2D eigenvalue weighted by Gasteiger charge is 2.38. The maximum Gasteiger partial charge on any atom is 0.393 e. The molecule has 4 heteroatoms. The van der Waals surface area contributed by atoms with Crippen molar-refractivity contribution in [2.24, 2.45) is 11.7 Å². The minimum Gasteiger partial charge on any atom is -0.330 e. The van der Waals surface area contributed by atoms with Crippen LogP contribution in [0.5, 0.6) is 0 Å². The molecule has 14 heavy (non-hydrogen) atoms. The summed E-state index contributed by atoms with van der Waals surface area (Å²) in [6.07, 6.45) is -4.24. The van der Waals surface area contributed by atoms with Crippen LogP contribution in [0.15, 0.2) is 30.3 Å². The smallest absolute Gasteiger partial charge is 0.330 e. The summed E-state index contributed by atoms with van der Waals surface area (Å²) in [4.78, 5) is 0. The molecule has 0 spiro atoms. The lowest BCUT2D eigenvalue weighted by atomic mass is 9.99. The Kier molecular flexibility index (Phi) is 3.52. The standard InChI is InChI=1S/C10H12F3N/c11-10(12,13)9(7-14)6-8-4-2-1-3-5-8/h1-5,9H,6-7,14H2. The molecule has 1 atom stereocenters. The minimum absolute atomic E-state index is 0.0408. The Bertz CT molecular complexity index is 268. The van der Waals surface area contributed by atoms with Gasteiger partial charge in [-0.2, -0.15) is 13.2 Å². The summed E-state index contributed by atoms with van der Waals surface area (Å²) < 4.78 is 37.0. The van der Waals surface area contributed by atoms with Gasteiger partial charge in [-0.1, -0.05) is 30.3 Å². The number of rotatable bonds is 3. The van der Waals surface area contributed by atoms with E-state index in [2.05, 4.69) is 0 Å². The fourth-order valence-electron chi connectivity index (χ4n) is 1.23. The van der Waals surface area contributed by atoms with Crippen molar-refractivity contribution in [3.63, 3.8) is 0 Å². The van der Waals surface area contributed by atoms with Crippen LogP contribution in [0.4, 0.5) is 13.2 Å². The third-order valence-electron chi connectivity index (χ3n) is 2.07. The van der Waals surface area contributed by atoms with E-state index in [1.165, 1.54) is 0 Å². The molecule has 0 saturated heterocycles. The Balaban J connectivity index is 2.67. The van der Waals surface area contributed by atoms with Gasteiger partial charge in [0, 0.05) is 6.54 Å². The van der Waals surface area contributed by atoms with Crippen LogP contribution in [-0.2, 0) is 6.42 Å². The number of hydrogen-bond donors (Lipinski definition) is 1. The summed E-state index contributed by atoms with van der Waals surface area (Å²) in [5, 5.41) is 0. The lowest BCUT2D eigenvalue weighted by molar-refractivity contribution is -0.171. The van der Waals surface area contributed by atoms with E-state index >= 15 is 0 Å². The average Bonchev–Trinajstić information content (AvgIpc) is 2.14. The van der Waals surface area contributed by atoms with Gasteiger partial charge in [-0.15, -0.1) is 0 Å². The van der Waals surface area contributed by atoms with Gasteiger partial charge in [-0.25, -0.2) is 0 Å². The molecule has 1 aromatic rings. The second kappa shape index (κ2) is 4.46. The zero-order valence-corrected chi connectivity index (χ0v) is 7.59. The van der Waals surface area contributed by atoms with Crippen molar-refractivity contribution in [3.8, 4) is 0 Å². The number of halogens is 3. The molecule has 0 aliphatic rings. The maximum absolute atomic E-state index is 12.3. The summed E-state index contributed by atoms with van der Waals surface area (Å²) >= 11 is 0.